The zero-order chi connectivity index (χ0) is 20.5. The monoisotopic (exact) mass is 432 g/mol. The Labute approximate surface area is 180 Å². The van der Waals surface area contributed by atoms with Crippen LogP contribution in [0.4, 0.5) is 5.69 Å². The van der Waals surface area contributed by atoms with Gasteiger partial charge in [0.25, 0.3) is 5.91 Å². The standard InChI is InChI=1S/C22H25ClN2O3S/c23-16-9-11-18(12-10-16)29-14-4-8-21(26)25-20-7-2-1-6-19(20)22(27)24-15-17-5-3-13-28-17/h1-2,6-7,9-12,17H,3-5,8,13-15H2,(H,24,27)(H,25,26)/t17-/m1/s1. The van der Waals surface area contributed by atoms with E-state index >= 15 is 0 Å². The molecule has 7 heteroatoms. The number of benzene rings is 2. The summed E-state index contributed by atoms with van der Waals surface area (Å²) in [6, 6.07) is 14.7. The molecule has 0 saturated carbocycles. The normalized spacial score (nSPS) is 15.8. The molecule has 0 bridgehead atoms. The number of thioether (sulfide) groups is 1. The van der Waals surface area contributed by atoms with E-state index in [0.717, 1.165) is 36.5 Å². The van der Waals surface area contributed by atoms with Gasteiger partial charge in [0.1, 0.15) is 0 Å². The Kier molecular flexibility index (Phi) is 8.40. The van der Waals surface area contributed by atoms with E-state index in [9.17, 15) is 9.59 Å². The lowest BCUT2D eigenvalue weighted by Gasteiger charge is -2.13. The summed E-state index contributed by atoms with van der Waals surface area (Å²) in [7, 11) is 0. The smallest absolute Gasteiger partial charge is 0.253 e. The fourth-order valence-electron chi connectivity index (χ4n) is 3.06. The first kappa shape index (κ1) is 21.7. The number of amides is 2. The molecule has 1 aliphatic heterocycles. The average molecular weight is 433 g/mol. The van der Waals surface area contributed by atoms with Crippen LogP contribution in [0.15, 0.2) is 53.4 Å². The van der Waals surface area contributed by atoms with Gasteiger partial charge in [0.2, 0.25) is 5.91 Å². The molecule has 2 aromatic carbocycles. The largest absolute Gasteiger partial charge is 0.376 e. The summed E-state index contributed by atoms with van der Waals surface area (Å²) in [4.78, 5) is 26.0. The van der Waals surface area contributed by atoms with Gasteiger partial charge in [-0.05, 0) is 61.4 Å². The second-order valence-electron chi connectivity index (χ2n) is 6.84. The summed E-state index contributed by atoms with van der Waals surface area (Å²) in [5.74, 6) is 0.536. The summed E-state index contributed by atoms with van der Waals surface area (Å²) in [6.45, 7) is 1.24. The van der Waals surface area contributed by atoms with Crippen molar-refractivity contribution in [3.63, 3.8) is 0 Å². The first-order chi connectivity index (χ1) is 14.1. The molecule has 154 valence electrons. The quantitative estimate of drug-likeness (QED) is 0.443. The van der Waals surface area contributed by atoms with Crippen LogP contribution < -0.4 is 10.6 Å². The molecule has 0 radical (unpaired) electrons. The number of para-hydroxylation sites is 1. The molecule has 0 unspecified atom stereocenters. The van der Waals surface area contributed by atoms with Crippen LogP contribution in [0.2, 0.25) is 5.02 Å². The Morgan fingerprint density at radius 1 is 1.14 bits per heavy atom. The Morgan fingerprint density at radius 2 is 1.93 bits per heavy atom. The zero-order valence-electron chi connectivity index (χ0n) is 16.2. The molecule has 1 heterocycles. The van der Waals surface area contributed by atoms with Crippen LogP contribution in [-0.2, 0) is 9.53 Å². The van der Waals surface area contributed by atoms with Gasteiger partial charge in [0, 0.05) is 29.5 Å². The van der Waals surface area contributed by atoms with Crippen molar-refractivity contribution < 1.29 is 14.3 Å². The van der Waals surface area contributed by atoms with E-state index in [2.05, 4.69) is 10.6 Å². The predicted octanol–water partition coefficient (Wildman–Crippen LogP) is 4.76. The molecule has 1 fully saturated rings. The van der Waals surface area contributed by atoms with E-state index in [-0.39, 0.29) is 17.9 Å². The number of ether oxygens (including phenoxy) is 1. The van der Waals surface area contributed by atoms with Crippen molar-refractivity contribution in [2.75, 3.05) is 24.2 Å². The fraction of sp³-hybridized carbons (Fsp3) is 0.364. The number of carbonyl (C=O) groups is 2. The van der Waals surface area contributed by atoms with Gasteiger partial charge in [0.05, 0.1) is 17.4 Å². The highest BCUT2D eigenvalue weighted by Gasteiger charge is 2.18. The van der Waals surface area contributed by atoms with Crippen LogP contribution in [-0.4, -0.2) is 36.8 Å². The second kappa shape index (κ2) is 11.2. The van der Waals surface area contributed by atoms with Crippen molar-refractivity contribution in [3.05, 3.63) is 59.1 Å². The van der Waals surface area contributed by atoms with Crippen LogP contribution >= 0.6 is 23.4 Å². The van der Waals surface area contributed by atoms with E-state index in [1.165, 1.54) is 0 Å². The topological polar surface area (TPSA) is 67.4 Å². The Balaban J connectivity index is 1.44. The van der Waals surface area contributed by atoms with E-state index in [1.807, 2.05) is 30.3 Å². The van der Waals surface area contributed by atoms with E-state index < -0.39 is 0 Å². The van der Waals surface area contributed by atoms with Crippen molar-refractivity contribution in [1.82, 2.24) is 5.32 Å². The molecular formula is C22H25ClN2O3S. The van der Waals surface area contributed by atoms with Gasteiger partial charge in [-0.25, -0.2) is 0 Å². The van der Waals surface area contributed by atoms with Crippen molar-refractivity contribution in [3.8, 4) is 0 Å². The third kappa shape index (κ3) is 7.07. The van der Waals surface area contributed by atoms with Crippen molar-refractivity contribution in [2.24, 2.45) is 0 Å². The average Bonchev–Trinajstić information content (AvgIpc) is 3.25. The van der Waals surface area contributed by atoms with Gasteiger partial charge in [-0.1, -0.05) is 23.7 Å². The fourth-order valence-corrected chi connectivity index (χ4v) is 4.04. The van der Waals surface area contributed by atoms with Crippen LogP contribution in [0.1, 0.15) is 36.0 Å². The van der Waals surface area contributed by atoms with Crippen LogP contribution in [0.5, 0.6) is 0 Å². The lowest BCUT2D eigenvalue weighted by atomic mass is 10.1. The number of halogens is 1. The Morgan fingerprint density at radius 3 is 2.69 bits per heavy atom. The predicted molar refractivity (Wildman–Crippen MR) is 118 cm³/mol. The number of hydrogen-bond donors (Lipinski definition) is 2. The number of carbonyl (C=O) groups excluding carboxylic acids is 2. The second-order valence-corrected chi connectivity index (χ2v) is 8.45. The molecule has 0 aliphatic carbocycles. The minimum Gasteiger partial charge on any atom is -0.376 e. The van der Waals surface area contributed by atoms with Gasteiger partial charge in [-0.3, -0.25) is 9.59 Å². The summed E-state index contributed by atoms with van der Waals surface area (Å²) < 4.78 is 5.53. The maximum Gasteiger partial charge on any atom is 0.253 e. The number of anilines is 1. The maximum atomic E-state index is 12.5. The molecule has 3 rings (SSSR count). The Bertz CT molecular complexity index is 823. The van der Waals surface area contributed by atoms with Crippen molar-refractivity contribution >= 4 is 40.9 Å². The molecule has 2 N–H and O–H groups in total. The van der Waals surface area contributed by atoms with E-state index in [0.29, 0.717) is 29.2 Å². The first-order valence-electron chi connectivity index (χ1n) is 9.79. The zero-order valence-corrected chi connectivity index (χ0v) is 17.7. The third-order valence-electron chi connectivity index (χ3n) is 4.59. The minimum atomic E-state index is -0.199. The van der Waals surface area contributed by atoms with Crippen LogP contribution in [0, 0.1) is 0 Å². The van der Waals surface area contributed by atoms with Gasteiger partial charge in [-0.15, -0.1) is 11.8 Å². The van der Waals surface area contributed by atoms with Gasteiger partial charge < -0.3 is 15.4 Å². The highest BCUT2D eigenvalue weighted by molar-refractivity contribution is 7.99. The molecule has 1 atom stereocenters. The third-order valence-corrected chi connectivity index (χ3v) is 5.94. The molecule has 29 heavy (non-hydrogen) atoms. The van der Waals surface area contributed by atoms with Gasteiger partial charge in [0.15, 0.2) is 0 Å². The van der Waals surface area contributed by atoms with Gasteiger partial charge >= 0.3 is 0 Å². The molecule has 2 amide bonds. The number of rotatable bonds is 9. The highest BCUT2D eigenvalue weighted by atomic mass is 35.5. The van der Waals surface area contributed by atoms with Crippen molar-refractivity contribution in [2.45, 2.75) is 36.7 Å². The molecule has 0 spiro atoms. The molecule has 0 aromatic heterocycles. The van der Waals surface area contributed by atoms with Crippen LogP contribution in [0.25, 0.3) is 0 Å². The lowest BCUT2D eigenvalue weighted by molar-refractivity contribution is -0.116. The number of nitrogens with one attached hydrogen (secondary N) is 2. The number of hydrogen-bond acceptors (Lipinski definition) is 4. The molecule has 1 aliphatic rings. The van der Waals surface area contributed by atoms with Crippen molar-refractivity contribution in [1.29, 1.82) is 0 Å². The molecule has 2 aromatic rings. The van der Waals surface area contributed by atoms with Gasteiger partial charge in [-0.2, -0.15) is 0 Å². The SMILES string of the molecule is O=C(CCCSc1ccc(Cl)cc1)Nc1ccccc1C(=O)NC[C@H]1CCCO1. The maximum absolute atomic E-state index is 12.5. The van der Waals surface area contributed by atoms with E-state index in [1.54, 1.807) is 30.0 Å². The summed E-state index contributed by atoms with van der Waals surface area (Å²) in [5, 5.41) is 6.48. The summed E-state index contributed by atoms with van der Waals surface area (Å²) in [6.07, 6.45) is 3.22. The Hall–Kier alpha value is -2.02. The minimum absolute atomic E-state index is 0.0823. The highest BCUT2D eigenvalue weighted by Crippen LogP contribution is 2.22. The van der Waals surface area contributed by atoms with E-state index in [4.69, 9.17) is 16.3 Å². The molecule has 5 nitrogen and oxygen atoms in total. The lowest BCUT2D eigenvalue weighted by Crippen LogP contribution is -2.32. The van der Waals surface area contributed by atoms with Crippen LogP contribution in [0.3, 0.4) is 0 Å². The molecular weight excluding hydrogens is 408 g/mol. The molecule has 1 saturated heterocycles. The summed E-state index contributed by atoms with van der Waals surface area (Å²) >= 11 is 7.57. The summed E-state index contributed by atoms with van der Waals surface area (Å²) in [5.41, 5.74) is 1.00. The first-order valence-corrected chi connectivity index (χ1v) is 11.2.